The molecule has 0 aromatic heterocycles. The lowest BCUT2D eigenvalue weighted by Crippen LogP contribution is -2.40. The maximum absolute atomic E-state index is 8.92. The summed E-state index contributed by atoms with van der Waals surface area (Å²) in [7, 11) is 5.37. The van der Waals surface area contributed by atoms with E-state index in [1.165, 1.54) is 122 Å². The number of hydrogen-bond acceptors (Lipinski definition) is 8. The lowest BCUT2D eigenvalue weighted by atomic mass is 9.68. The second-order valence-electron chi connectivity index (χ2n) is 21.6. The van der Waals surface area contributed by atoms with E-state index in [1.54, 1.807) is 28.4 Å². The van der Waals surface area contributed by atoms with Gasteiger partial charge in [-0.05, 0) is 126 Å². The summed E-state index contributed by atoms with van der Waals surface area (Å²) < 4.78 is 28.2. The van der Waals surface area contributed by atoms with Crippen molar-refractivity contribution in [2.24, 2.45) is 0 Å². The number of benzene rings is 4. The SMILES string of the molecule is COc1ccc(C2(C)CSc3cc(OC)ccc3C2CCCCCCCCCO)cc1.COc1ccc(C2(C)CSc3cc(OC)ccc3C2CCCCCCCCCO[Si](C)(C)C(C)(C)C)cc1. The predicted octanol–water partition coefficient (Wildman–Crippen LogP) is 17.0. The smallest absolute Gasteiger partial charge is 0.191 e. The highest BCUT2D eigenvalue weighted by Crippen LogP contribution is 2.54. The molecule has 4 aromatic rings. The lowest BCUT2D eigenvalue weighted by molar-refractivity contribution is 0.277. The summed E-state index contributed by atoms with van der Waals surface area (Å²) in [5, 5.41) is 9.23. The zero-order chi connectivity index (χ0) is 49.9. The van der Waals surface area contributed by atoms with Crippen molar-refractivity contribution in [1.29, 1.82) is 0 Å². The predicted molar refractivity (Wildman–Crippen MR) is 298 cm³/mol. The average molecular weight is 1000 g/mol. The molecule has 0 aliphatic carbocycles. The Bertz CT molecular complexity index is 2100. The van der Waals surface area contributed by atoms with Gasteiger partial charge in [-0.3, -0.25) is 0 Å². The lowest BCUT2D eigenvalue weighted by Gasteiger charge is -2.43. The molecule has 0 saturated carbocycles. The van der Waals surface area contributed by atoms with Crippen LogP contribution in [0.1, 0.15) is 171 Å². The maximum atomic E-state index is 8.92. The largest absolute Gasteiger partial charge is 0.497 e. The van der Waals surface area contributed by atoms with E-state index < -0.39 is 8.32 Å². The highest BCUT2D eigenvalue weighted by molar-refractivity contribution is 7.99. The minimum Gasteiger partial charge on any atom is -0.497 e. The quantitative estimate of drug-likeness (QED) is 0.0493. The summed E-state index contributed by atoms with van der Waals surface area (Å²) >= 11 is 3.93. The zero-order valence-corrected chi connectivity index (χ0v) is 47.3. The molecular weight excluding hydrogens is 909 g/mol. The van der Waals surface area contributed by atoms with Crippen LogP contribution in [0.2, 0.25) is 18.1 Å². The standard InChI is InChI=1S/C33H52O3SSi.C27H38O3S/c1-32(2,3)38(7,8)36-23-15-13-11-9-10-12-14-16-30-29-22-21-28(35-6)24-31(29)37-25-33(30,4)26-17-19-27(34-5)20-18-26;1-27(21-12-14-22(29-2)15-13-21)20-31-26-19-23(30-3)16-17-24(26)25(27)11-9-7-5-4-6-8-10-18-28/h17-22,24,30H,9-16,23,25H2,1-8H3;12-17,19,25,28H,4-11,18,20H2,1-3H3. The Morgan fingerprint density at radius 2 is 0.855 bits per heavy atom. The third-order valence-corrected chi connectivity index (χ3v) is 23.2. The van der Waals surface area contributed by atoms with E-state index in [2.05, 4.69) is 133 Å². The van der Waals surface area contributed by atoms with Gasteiger partial charge in [0.1, 0.15) is 23.0 Å². The van der Waals surface area contributed by atoms with E-state index in [4.69, 9.17) is 28.5 Å². The second kappa shape index (κ2) is 27.7. The van der Waals surface area contributed by atoms with Gasteiger partial charge < -0.3 is 28.5 Å². The fourth-order valence-electron chi connectivity index (χ4n) is 10.1. The number of unbranched alkanes of at least 4 members (excludes halogenated alkanes) is 12. The molecule has 69 heavy (non-hydrogen) atoms. The molecule has 0 bridgehead atoms. The zero-order valence-electron chi connectivity index (χ0n) is 44.7. The monoisotopic (exact) mass is 999 g/mol. The average Bonchev–Trinajstić information content (AvgIpc) is 3.36. The summed E-state index contributed by atoms with van der Waals surface area (Å²) in [4.78, 5) is 2.76. The van der Waals surface area contributed by atoms with Gasteiger partial charge in [0.2, 0.25) is 0 Å². The number of methoxy groups -OCH3 is 4. The first kappa shape index (κ1) is 56.8. The van der Waals surface area contributed by atoms with Crippen molar-refractivity contribution >= 4 is 31.8 Å². The Morgan fingerprint density at radius 3 is 1.22 bits per heavy atom. The first-order valence-corrected chi connectivity index (χ1v) is 31.2. The molecule has 4 unspecified atom stereocenters. The third kappa shape index (κ3) is 15.7. The Morgan fingerprint density at radius 1 is 0.507 bits per heavy atom. The van der Waals surface area contributed by atoms with Crippen LogP contribution < -0.4 is 18.9 Å². The molecule has 0 radical (unpaired) electrons. The van der Waals surface area contributed by atoms with Crippen molar-refractivity contribution in [2.75, 3.05) is 53.2 Å². The molecule has 1 N–H and O–H groups in total. The van der Waals surface area contributed by atoms with E-state index in [1.807, 2.05) is 23.5 Å². The molecule has 6 rings (SSSR count). The van der Waals surface area contributed by atoms with Crippen molar-refractivity contribution in [1.82, 2.24) is 0 Å². The van der Waals surface area contributed by atoms with Gasteiger partial charge in [0, 0.05) is 45.3 Å². The number of thioether (sulfide) groups is 2. The van der Waals surface area contributed by atoms with Crippen molar-refractivity contribution in [3.05, 3.63) is 107 Å². The molecule has 0 saturated heterocycles. The first-order valence-electron chi connectivity index (χ1n) is 26.3. The second-order valence-corrected chi connectivity index (χ2v) is 28.5. The summed E-state index contributed by atoms with van der Waals surface area (Å²) in [6.07, 6.45) is 20.0. The van der Waals surface area contributed by atoms with Crippen LogP contribution in [0.3, 0.4) is 0 Å². The Hall–Kier alpha value is -3.08. The molecule has 382 valence electrons. The Balaban J connectivity index is 0.000000263. The fourth-order valence-corrected chi connectivity index (χ4v) is 14.0. The molecule has 2 heterocycles. The fraction of sp³-hybridized carbons (Fsp3) is 0.600. The normalized spacial score (nSPS) is 20.0. The van der Waals surface area contributed by atoms with Crippen molar-refractivity contribution in [3.63, 3.8) is 0 Å². The molecule has 0 fully saturated rings. The van der Waals surface area contributed by atoms with Crippen LogP contribution >= 0.6 is 23.5 Å². The Labute approximate surface area is 429 Å². The summed E-state index contributed by atoms with van der Waals surface area (Å²) in [5.74, 6) is 6.90. The number of fused-ring (bicyclic) bond motifs is 2. The van der Waals surface area contributed by atoms with Crippen molar-refractivity contribution in [3.8, 4) is 23.0 Å². The number of aliphatic hydroxyl groups is 1. The third-order valence-electron chi connectivity index (χ3n) is 15.8. The van der Waals surface area contributed by atoms with E-state index >= 15 is 0 Å². The minimum absolute atomic E-state index is 0.0969. The van der Waals surface area contributed by atoms with Crippen LogP contribution in [-0.4, -0.2) is 66.6 Å². The number of ether oxygens (including phenoxy) is 4. The van der Waals surface area contributed by atoms with E-state index in [-0.39, 0.29) is 10.8 Å². The maximum Gasteiger partial charge on any atom is 0.191 e. The topological polar surface area (TPSA) is 66.4 Å². The highest BCUT2D eigenvalue weighted by Gasteiger charge is 2.43. The first-order chi connectivity index (χ1) is 33.1. The number of rotatable bonds is 26. The highest BCUT2D eigenvalue weighted by atomic mass is 32.2. The molecular formula is C60H90O6S2Si. The van der Waals surface area contributed by atoms with E-state index in [0.717, 1.165) is 54.0 Å². The van der Waals surface area contributed by atoms with Crippen LogP contribution in [0.4, 0.5) is 0 Å². The van der Waals surface area contributed by atoms with Crippen LogP contribution in [0.15, 0.2) is 94.7 Å². The molecule has 6 nitrogen and oxygen atoms in total. The van der Waals surface area contributed by atoms with Gasteiger partial charge in [0.25, 0.3) is 0 Å². The van der Waals surface area contributed by atoms with Gasteiger partial charge in [0.15, 0.2) is 8.32 Å². The molecule has 0 spiro atoms. The van der Waals surface area contributed by atoms with Crippen LogP contribution in [0.5, 0.6) is 23.0 Å². The molecule has 2 aliphatic heterocycles. The minimum atomic E-state index is -1.59. The molecule has 4 aromatic carbocycles. The van der Waals surface area contributed by atoms with Crippen LogP contribution in [-0.2, 0) is 15.3 Å². The number of aliphatic hydroxyl groups excluding tert-OH is 1. The van der Waals surface area contributed by atoms with Crippen molar-refractivity contribution < 1.29 is 28.5 Å². The summed E-state index contributed by atoms with van der Waals surface area (Å²) in [6.45, 7) is 17.8. The van der Waals surface area contributed by atoms with Crippen LogP contribution in [0.25, 0.3) is 0 Å². The van der Waals surface area contributed by atoms with Crippen molar-refractivity contribution in [2.45, 2.75) is 188 Å². The van der Waals surface area contributed by atoms with Gasteiger partial charge in [0.05, 0.1) is 28.4 Å². The molecule has 9 heteroatoms. The molecule has 2 aliphatic rings. The van der Waals surface area contributed by atoms with E-state index in [0.29, 0.717) is 23.5 Å². The number of hydrogen-bond donors (Lipinski definition) is 1. The van der Waals surface area contributed by atoms with Gasteiger partial charge in [-0.15, -0.1) is 23.5 Å². The summed E-state index contributed by atoms with van der Waals surface area (Å²) in [5.41, 5.74) is 5.97. The Kier molecular flexibility index (Phi) is 22.8. The van der Waals surface area contributed by atoms with Crippen LogP contribution in [0, 0.1) is 0 Å². The summed E-state index contributed by atoms with van der Waals surface area (Å²) in [6, 6.07) is 30.8. The van der Waals surface area contributed by atoms with Gasteiger partial charge in [-0.25, -0.2) is 0 Å². The van der Waals surface area contributed by atoms with Gasteiger partial charge in [-0.1, -0.05) is 148 Å². The van der Waals surface area contributed by atoms with E-state index in [9.17, 15) is 0 Å². The molecule has 0 amide bonds. The van der Waals surface area contributed by atoms with Gasteiger partial charge in [-0.2, -0.15) is 0 Å². The molecule has 4 atom stereocenters. The van der Waals surface area contributed by atoms with Gasteiger partial charge >= 0.3 is 0 Å².